The van der Waals surface area contributed by atoms with Gasteiger partial charge in [-0.1, -0.05) is 11.2 Å². The Morgan fingerprint density at radius 3 is 2.91 bits per heavy atom. The second-order valence-corrected chi connectivity index (χ2v) is 6.05. The third-order valence-electron chi connectivity index (χ3n) is 3.03. The molecule has 0 bridgehead atoms. The molecular formula is C15H15FN4O2S. The summed E-state index contributed by atoms with van der Waals surface area (Å²) < 4.78 is 23.8. The van der Waals surface area contributed by atoms with Crippen LogP contribution in [0.3, 0.4) is 0 Å². The fourth-order valence-corrected chi connectivity index (χ4v) is 2.86. The van der Waals surface area contributed by atoms with Gasteiger partial charge >= 0.3 is 0 Å². The van der Waals surface area contributed by atoms with E-state index in [-0.39, 0.29) is 18.5 Å². The molecule has 0 aliphatic rings. The second-order valence-electron chi connectivity index (χ2n) is 5.02. The average Bonchev–Trinajstić information content (AvgIpc) is 3.11. The predicted molar refractivity (Wildman–Crippen MR) is 83.5 cm³/mol. The van der Waals surface area contributed by atoms with Gasteiger partial charge in [0.25, 0.3) is 5.89 Å². The van der Waals surface area contributed by atoms with E-state index in [1.54, 1.807) is 12.1 Å². The number of ether oxygens (including phenoxy) is 1. The van der Waals surface area contributed by atoms with Crippen LogP contribution in [0.2, 0.25) is 0 Å². The van der Waals surface area contributed by atoms with Crippen LogP contribution in [0, 0.1) is 12.7 Å². The topological polar surface area (TPSA) is 87.1 Å². The summed E-state index contributed by atoms with van der Waals surface area (Å²) in [7, 11) is 0. The van der Waals surface area contributed by atoms with Crippen LogP contribution in [-0.4, -0.2) is 15.1 Å². The van der Waals surface area contributed by atoms with Crippen molar-refractivity contribution in [3.63, 3.8) is 0 Å². The molecule has 120 valence electrons. The van der Waals surface area contributed by atoms with Crippen LogP contribution >= 0.6 is 11.3 Å². The molecule has 0 aliphatic heterocycles. The molecule has 0 amide bonds. The van der Waals surface area contributed by atoms with Gasteiger partial charge in [-0.2, -0.15) is 4.98 Å². The highest BCUT2D eigenvalue weighted by atomic mass is 32.1. The number of nitrogens with zero attached hydrogens (tertiary/aromatic N) is 3. The zero-order valence-electron chi connectivity index (χ0n) is 12.6. The smallest absolute Gasteiger partial charge is 0.270 e. The fraction of sp³-hybridized carbons (Fsp3) is 0.267. The van der Waals surface area contributed by atoms with E-state index in [0.717, 1.165) is 15.6 Å². The number of aryl methyl sites for hydroxylation is 1. The first kappa shape index (κ1) is 15.6. The van der Waals surface area contributed by atoms with Crippen molar-refractivity contribution in [3.8, 4) is 16.5 Å². The molecule has 0 radical (unpaired) electrons. The summed E-state index contributed by atoms with van der Waals surface area (Å²) in [6.07, 6.45) is 0. The Bertz CT molecular complexity index is 815. The summed E-state index contributed by atoms with van der Waals surface area (Å²) in [5.74, 6) is 0.800. The third-order valence-corrected chi connectivity index (χ3v) is 4.38. The average molecular weight is 334 g/mol. The Morgan fingerprint density at radius 2 is 2.22 bits per heavy atom. The van der Waals surface area contributed by atoms with Gasteiger partial charge in [-0.3, -0.25) is 0 Å². The SMILES string of the molecule is Cc1nc(C(C)N)sc1-c1nc(COc2cccc(F)c2)no1. The van der Waals surface area contributed by atoms with Gasteiger partial charge in [0, 0.05) is 6.07 Å². The van der Waals surface area contributed by atoms with Gasteiger partial charge in [0.05, 0.1) is 11.7 Å². The fourth-order valence-electron chi connectivity index (χ4n) is 1.92. The molecule has 1 unspecified atom stereocenters. The molecule has 8 heteroatoms. The van der Waals surface area contributed by atoms with E-state index in [1.807, 2.05) is 13.8 Å². The van der Waals surface area contributed by atoms with Crippen molar-refractivity contribution in [2.45, 2.75) is 26.5 Å². The second kappa shape index (κ2) is 6.43. The van der Waals surface area contributed by atoms with Crippen LogP contribution in [0.1, 0.15) is 29.5 Å². The summed E-state index contributed by atoms with van der Waals surface area (Å²) in [5, 5.41) is 4.68. The summed E-state index contributed by atoms with van der Waals surface area (Å²) in [6.45, 7) is 3.82. The van der Waals surface area contributed by atoms with Crippen molar-refractivity contribution in [1.29, 1.82) is 0 Å². The van der Waals surface area contributed by atoms with Gasteiger partial charge in [0.15, 0.2) is 6.61 Å². The molecule has 0 saturated carbocycles. The van der Waals surface area contributed by atoms with Crippen LogP contribution in [0.5, 0.6) is 5.75 Å². The van der Waals surface area contributed by atoms with Gasteiger partial charge < -0.3 is 15.0 Å². The Hall–Kier alpha value is -2.32. The van der Waals surface area contributed by atoms with Crippen LogP contribution in [0.25, 0.3) is 10.8 Å². The molecular weight excluding hydrogens is 319 g/mol. The lowest BCUT2D eigenvalue weighted by atomic mass is 10.3. The molecule has 0 spiro atoms. The van der Waals surface area contributed by atoms with Crippen LogP contribution in [-0.2, 0) is 6.61 Å². The van der Waals surface area contributed by atoms with Crippen LogP contribution < -0.4 is 10.5 Å². The molecule has 1 aromatic carbocycles. The maximum Gasteiger partial charge on any atom is 0.270 e. The van der Waals surface area contributed by atoms with Crippen LogP contribution in [0.4, 0.5) is 4.39 Å². The van der Waals surface area contributed by atoms with Crippen molar-refractivity contribution in [2.75, 3.05) is 0 Å². The standard InChI is InChI=1S/C15H15FN4O2S/c1-8(17)15-18-9(2)13(23-15)14-19-12(20-22-14)7-21-11-5-3-4-10(16)6-11/h3-6,8H,7,17H2,1-2H3. The van der Waals surface area contributed by atoms with Gasteiger partial charge in [-0.05, 0) is 26.0 Å². The highest BCUT2D eigenvalue weighted by Gasteiger charge is 2.18. The van der Waals surface area contributed by atoms with E-state index in [2.05, 4.69) is 15.1 Å². The monoisotopic (exact) mass is 334 g/mol. The van der Waals surface area contributed by atoms with E-state index >= 15 is 0 Å². The van der Waals surface area contributed by atoms with E-state index < -0.39 is 0 Å². The molecule has 2 heterocycles. The van der Waals surface area contributed by atoms with E-state index in [4.69, 9.17) is 15.0 Å². The first-order valence-electron chi connectivity index (χ1n) is 6.97. The molecule has 0 aliphatic carbocycles. The lowest BCUT2D eigenvalue weighted by Crippen LogP contribution is -2.03. The predicted octanol–water partition coefficient (Wildman–Crippen LogP) is 3.24. The van der Waals surface area contributed by atoms with E-state index in [1.165, 1.54) is 23.5 Å². The highest BCUT2D eigenvalue weighted by Crippen LogP contribution is 2.31. The van der Waals surface area contributed by atoms with Crippen molar-refractivity contribution in [3.05, 3.63) is 46.6 Å². The van der Waals surface area contributed by atoms with Gasteiger partial charge in [-0.15, -0.1) is 11.3 Å². The summed E-state index contributed by atoms with van der Waals surface area (Å²) >= 11 is 1.43. The summed E-state index contributed by atoms with van der Waals surface area (Å²) in [6, 6.07) is 5.73. The van der Waals surface area contributed by atoms with Gasteiger partial charge in [-0.25, -0.2) is 9.37 Å². The molecule has 0 fully saturated rings. The first-order valence-corrected chi connectivity index (χ1v) is 7.79. The Kier molecular flexibility index (Phi) is 4.35. The van der Waals surface area contributed by atoms with Crippen molar-refractivity contribution >= 4 is 11.3 Å². The van der Waals surface area contributed by atoms with Crippen LogP contribution in [0.15, 0.2) is 28.8 Å². The largest absolute Gasteiger partial charge is 0.485 e. The number of benzene rings is 1. The number of aromatic nitrogens is 3. The number of nitrogens with two attached hydrogens (primary N) is 1. The maximum atomic E-state index is 13.1. The minimum Gasteiger partial charge on any atom is -0.485 e. The molecule has 2 N–H and O–H groups in total. The lowest BCUT2D eigenvalue weighted by molar-refractivity contribution is 0.286. The van der Waals surface area contributed by atoms with Crippen molar-refractivity contribution in [2.24, 2.45) is 5.73 Å². The Balaban J connectivity index is 1.73. The molecule has 2 aromatic heterocycles. The number of rotatable bonds is 5. The molecule has 0 saturated heterocycles. The highest BCUT2D eigenvalue weighted by molar-refractivity contribution is 7.15. The Labute approximate surface area is 136 Å². The minimum atomic E-state index is -0.361. The molecule has 6 nitrogen and oxygen atoms in total. The molecule has 1 atom stereocenters. The quantitative estimate of drug-likeness (QED) is 0.771. The number of halogens is 1. The minimum absolute atomic E-state index is 0.0882. The van der Waals surface area contributed by atoms with Gasteiger partial charge in [0.1, 0.15) is 21.5 Å². The Morgan fingerprint density at radius 1 is 1.39 bits per heavy atom. The third kappa shape index (κ3) is 3.54. The number of hydrogen-bond donors (Lipinski definition) is 1. The van der Waals surface area contributed by atoms with E-state index in [9.17, 15) is 4.39 Å². The van der Waals surface area contributed by atoms with Crippen molar-refractivity contribution < 1.29 is 13.7 Å². The summed E-state index contributed by atoms with van der Waals surface area (Å²) in [5.41, 5.74) is 6.63. The number of thiazole rings is 1. The maximum absolute atomic E-state index is 13.1. The lowest BCUT2D eigenvalue weighted by Gasteiger charge is -2.02. The van der Waals surface area contributed by atoms with Gasteiger partial charge in [0.2, 0.25) is 5.82 Å². The first-order chi connectivity index (χ1) is 11.0. The zero-order valence-corrected chi connectivity index (χ0v) is 13.4. The molecule has 3 aromatic rings. The molecule has 23 heavy (non-hydrogen) atoms. The zero-order chi connectivity index (χ0) is 16.4. The molecule has 3 rings (SSSR count). The summed E-state index contributed by atoms with van der Waals surface area (Å²) in [4.78, 5) is 9.47. The normalized spacial score (nSPS) is 12.3. The number of hydrogen-bond acceptors (Lipinski definition) is 7. The van der Waals surface area contributed by atoms with E-state index in [0.29, 0.717) is 17.5 Å². The van der Waals surface area contributed by atoms with Crippen molar-refractivity contribution in [1.82, 2.24) is 15.1 Å².